The summed E-state index contributed by atoms with van der Waals surface area (Å²) in [4.78, 5) is 0. The van der Waals surface area contributed by atoms with E-state index in [2.05, 4.69) is 0 Å². The Morgan fingerprint density at radius 3 is 2.61 bits per heavy atom. The van der Waals surface area contributed by atoms with E-state index < -0.39 is 0 Å². The average molecular weight is 252 g/mol. The second kappa shape index (κ2) is 5.57. The van der Waals surface area contributed by atoms with Gasteiger partial charge in [-0.15, -0.1) is 0 Å². The minimum Gasteiger partial charge on any atom is -0.491 e. The third kappa shape index (κ3) is 2.93. The summed E-state index contributed by atoms with van der Waals surface area (Å²) >= 11 is 0. The second-order valence-corrected chi connectivity index (χ2v) is 5.24. The molecule has 1 aliphatic rings. The number of rotatable bonds is 4. The number of hydrogen-bond donors (Lipinski definition) is 2. The molecule has 0 saturated heterocycles. The molecule has 1 aromatic carbocycles. The zero-order valence-electron chi connectivity index (χ0n) is 10.6. The van der Waals surface area contributed by atoms with E-state index in [1.807, 2.05) is 0 Å². The standard InChI is InChI=1S/C14H21FN2O/c15-11-4-5-12(17)13(8-11)18-10-14(9-16)6-2-1-3-7-14/h4-5,8H,1-3,6-7,9-10,16-17H2. The van der Waals surface area contributed by atoms with Crippen LogP contribution in [0.5, 0.6) is 5.75 Å². The maximum atomic E-state index is 13.1. The number of benzene rings is 1. The van der Waals surface area contributed by atoms with Crippen molar-refractivity contribution in [1.29, 1.82) is 0 Å². The van der Waals surface area contributed by atoms with Gasteiger partial charge in [0.05, 0.1) is 12.3 Å². The van der Waals surface area contributed by atoms with Gasteiger partial charge in [0.2, 0.25) is 0 Å². The van der Waals surface area contributed by atoms with Crippen LogP contribution in [0.3, 0.4) is 0 Å². The summed E-state index contributed by atoms with van der Waals surface area (Å²) in [5.74, 6) is 0.0954. The molecule has 2 rings (SSSR count). The molecule has 1 fully saturated rings. The van der Waals surface area contributed by atoms with Crippen LogP contribution in [0.4, 0.5) is 10.1 Å². The van der Waals surface area contributed by atoms with Crippen molar-refractivity contribution >= 4 is 5.69 Å². The largest absolute Gasteiger partial charge is 0.491 e. The van der Waals surface area contributed by atoms with Gasteiger partial charge in [-0.3, -0.25) is 0 Å². The number of halogens is 1. The number of nitrogen functional groups attached to an aromatic ring is 1. The summed E-state index contributed by atoms with van der Waals surface area (Å²) in [7, 11) is 0. The van der Waals surface area contributed by atoms with Gasteiger partial charge in [0.15, 0.2) is 0 Å². The molecule has 0 aromatic heterocycles. The van der Waals surface area contributed by atoms with Crippen LogP contribution in [-0.4, -0.2) is 13.2 Å². The fraction of sp³-hybridized carbons (Fsp3) is 0.571. The molecule has 0 spiro atoms. The van der Waals surface area contributed by atoms with Crippen LogP contribution in [0.1, 0.15) is 32.1 Å². The predicted octanol–water partition coefficient (Wildman–Crippen LogP) is 2.70. The first-order valence-corrected chi connectivity index (χ1v) is 6.53. The van der Waals surface area contributed by atoms with Gasteiger partial charge < -0.3 is 16.2 Å². The lowest BCUT2D eigenvalue weighted by Gasteiger charge is -2.35. The van der Waals surface area contributed by atoms with E-state index >= 15 is 0 Å². The summed E-state index contributed by atoms with van der Waals surface area (Å²) < 4.78 is 18.8. The molecule has 1 aliphatic carbocycles. The Kier molecular flexibility index (Phi) is 4.07. The fourth-order valence-corrected chi connectivity index (χ4v) is 2.57. The Morgan fingerprint density at radius 2 is 1.94 bits per heavy atom. The van der Waals surface area contributed by atoms with Crippen molar-refractivity contribution in [2.45, 2.75) is 32.1 Å². The molecule has 0 atom stereocenters. The van der Waals surface area contributed by atoms with Gasteiger partial charge in [0, 0.05) is 18.0 Å². The number of ether oxygens (including phenoxy) is 1. The number of hydrogen-bond acceptors (Lipinski definition) is 3. The van der Waals surface area contributed by atoms with Gasteiger partial charge in [0.1, 0.15) is 11.6 Å². The van der Waals surface area contributed by atoms with Crippen LogP contribution >= 0.6 is 0 Å². The Hall–Kier alpha value is -1.29. The molecule has 18 heavy (non-hydrogen) atoms. The smallest absolute Gasteiger partial charge is 0.145 e. The van der Waals surface area contributed by atoms with E-state index in [0.29, 0.717) is 24.6 Å². The Bertz CT molecular complexity index is 403. The molecule has 4 heteroatoms. The lowest BCUT2D eigenvalue weighted by Crippen LogP contribution is -2.38. The zero-order valence-corrected chi connectivity index (χ0v) is 10.6. The predicted molar refractivity (Wildman–Crippen MR) is 70.9 cm³/mol. The molecule has 1 saturated carbocycles. The minimum absolute atomic E-state index is 0.0387. The van der Waals surface area contributed by atoms with Crippen LogP contribution in [0, 0.1) is 11.2 Å². The SMILES string of the molecule is NCC1(COc2cc(F)ccc2N)CCCCC1. The lowest BCUT2D eigenvalue weighted by molar-refractivity contribution is 0.105. The van der Waals surface area contributed by atoms with Crippen molar-refractivity contribution in [2.24, 2.45) is 11.1 Å². The summed E-state index contributed by atoms with van der Waals surface area (Å²) in [6, 6.07) is 4.20. The Morgan fingerprint density at radius 1 is 1.22 bits per heavy atom. The molecule has 0 radical (unpaired) electrons. The van der Waals surface area contributed by atoms with Crippen molar-refractivity contribution in [2.75, 3.05) is 18.9 Å². The van der Waals surface area contributed by atoms with Crippen LogP contribution in [-0.2, 0) is 0 Å². The molecule has 0 bridgehead atoms. The minimum atomic E-state index is -0.329. The summed E-state index contributed by atoms with van der Waals surface area (Å²) in [6.07, 6.45) is 5.82. The third-order valence-corrected chi connectivity index (χ3v) is 3.86. The van der Waals surface area contributed by atoms with Gasteiger partial charge in [-0.25, -0.2) is 4.39 Å². The first-order chi connectivity index (χ1) is 8.65. The quantitative estimate of drug-likeness (QED) is 0.810. The fourth-order valence-electron chi connectivity index (χ4n) is 2.57. The number of nitrogens with two attached hydrogens (primary N) is 2. The topological polar surface area (TPSA) is 61.3 Å². The summed E-state index contributed by atoms with van der Waals surface area (Å²) in [5.41, 5.74) is 12.2. The maximum Gasteiger partial charge on any atom is 0.145 e. The normalized spacial score (nSPS) is 18.6. The van der Waals surface area contributed by atoms with E-state index in [9.17, 15) is 4.39 Å². The highest BCUT2D eigenvalue weighted by Crippen LogP contribution is 2.36. The molecule has 0 unspecified atom stereocenters. The van der Waals surface area contributed by atoms with E-state index in [-0.39, 0.29) is 11.2 Å². The average Bonchev–Trinajstić information content (AvgIpc) is 2.41. The molecule has 0 heterocycles. The molecule has 0 aliphatic heterocycles. The van der Waals surface area contributed by atoms with E-state index in [1.165, 1.54) is 37.5 Å². The van der Waals surface area contributed by atoms with Crippen molar-refractivity contribution in [3.63, 3.8) is 0 Å². The Labute approximate surface area is 107 Å². The van der Waals surface area contributed by atoms with E-state index in [1.54, 1.807) is 0 Å². The van der Waals surface area contributed by atoms with Gasteiger partial charge in [-0.2, -0.15) is 0 Å². The zero-order chi connectivity index (χ0) is 13.0. The van der Waals surface area contributed by atoms with Crippen molar-refractivity contribution in [3.05, 3.63) is 24.0 Å². The lowest BCUT2D eigenvalue weighted by atomic mass is 9.75. The van der Waals surface area contributed by atoms with Crippen molar-refractivity contribution in [1.82, 2.24) is 0 Å². The van der Waals surface area contributed by atoms with E-state index in [4.69, 9.17) is 16.2 Å². The van der Waals surface area contributed by atoms with Crippen LogP contribution < -0.4 is 16.2 Å². The highest BCUT2D eigenvalue weighted by Gasteiger charge is 2.31. The van der Waals surface area contributed by atoms with Crippen LogP contribution in [0.15, 0.2) is 18.2 Å². The highest BCUT2D eigenvalue weighted by atomic mass is 19.1. The Balaban J connectivity index is 2.03. The third-order valence-electron chi connectivity index (χ3n) is 3.86. The molecule has 1 aromatic rings. The monoisotopic (exact) mass is 252 g/mol. The molecular weight excluding hydrogens is 231 g/mol. The van der Waals surface area contributed by atoms with Gasteiger partial charge >= 0.3 is 0 Å². The van der Waals surface area contributed by atoms with Gasteiger partial charge in [-0.05, 0) is 25.0 Å². The highest BCUT2D eigenvalue weighted by molar-refractivity contribution is 5.52. The summed E-state index contributed by atoms with van der Waals surface area (Å²) in [5, 5.41) is 0. The van der Waals surface area contributed by atoms with Crippen molar-refractivity contribution in [3.8, 4) is 5.75 Å². The molecular formula is C14H21FN2O. The summed E-state index contributed by atoms with van der Waals surface area (Å²) in [6.45, 7) is 1.14. The van der Waals surface area contributed by atoms with Crippen LogP contribution in [0.25, 0.3) is 0 Å². The first kappa shape index (κ1) is 13.1. The molecule has 0 amide bonds. The molecule has 100 valence electrons. The molecule has 4 N–H and O–H groups in total. The van der Waals surface area contributed by atoms with Crippen LogP contribution in [0.2, 0.25) is 0 Å². The molecule has 3 nitrogen and oxygen atoms in total. The maximum absolute atomic E-state index is 13.1. The second-order valence-electron chi connectivity index (χ2n) is 5.24. The van der Waals surface area contributed by atoms with Crippen molar-refractivity contribution < 1.29 is 9.13 Å². The number of anilines is 1. The van der Waals surface area contributed by atoms with Gasteiger partial charge in [0.25, 0.3) is 0 Å². The van der Waals surface area contributed by atoms with Gasteiger partial charge in [-0.1, -0.05) is 19.3 Å². The first-order valence-electron chi connectivity index (χ1n) is 6.53. The van der Waals surface area contributed by atoms with E-state index in [0.717, 1.165) is 12.8 Å².